The first kappa shape index (κ1) is 16.9. The van der Waals surface area contributed by atoms with Crippen LogP contribution in [-0.4, -0.2) is 15.5 Å². The Hall–Kier alpha value is -1.98. The predicted octanol–water partition coefficient (Wildman–Crippen LogP) is 4.71. The number of benzene rings is 1. The number of thiophene rings is 1. The second-order valence-electron chi connectivity index (χ2n) is 9.26. The van der Waals surface area contributed by atoms with Gasteiger partial charge < -0.3 is 10.3 Å². The molecule has 4 saturated carbocycles. The van der Waals surface area contributed by atoms with Crippen molar-refractivity contribution < 1.29 is 0 Å². The third kappa shape index (κ3) is 2.83. The first-order valence-electron chi connectivity index (χ1n) is 10.5. The summed E-state index contributed by atoms with van der Waals surface area (Å²) in [6, 6.07) is 12.2. The third-order valence-corrected chi connectivity index (χ3v) is 8.26. The Morgan fingerprint density at radius 3 is 2.43 bits per heavy atom. The van der Waals surface area contributed by atoms with E-state index in [1.165, 1.54) is 38.5 Å². The zero-order valence-electron chi connectivity index (χ0n) is 15.9. The van der Waals surface area contributed by atoms with Gasteiger partial charge in [-0.3, -0.25) is 4.79 Å². The maximum Gasteiger partial charge on any atom is 0.259 e. The van der Waals surface area contributed by atoms with E-state index in [-0.39, 0.29) is 11.1 Å². The van der Waals surface area contributed by atoms with E-state index in [4.69, 9.17) is 4.98 Å². The average Bonchev–Trinajstić information content (AvgIpc) is 3.11. The Morgan fingerprint density at radius 1 is 1.07 bits per heavy atom. The number of hydrogen-bond donors (Lipinski definition) is 2. The van der Waals surface area contributed by atoms with Crippen molar-refractivity contribution in [2.45, 2.75) is 50.6 Å². The minimum Gasteiger partial charge on any atom is -0.309 e. The van der Waals surface area contributed by atoms with Crippen LogP contribution in [0.2, 0.25) is 0 Å². The van der Waals surface area contributed by atoms with Crippen LogP contribution < -0.4 is 10.9 Å². The zero-order valence-corrected chi connectivity index (χ0v) is 16.7. The molecule has 4 bridgehead atoms. The molecule has 2 aromatic heterocycles. The first-order valence-corrected chi connectivity index (χ1v) is 11.3. The van der Waals surface area contributed by atoms with Crippen molar-refractivity contribution in [1.82, 2.24) is 15.3 Å². The van der Waals surface area contributed by atoms with Gasteiger partial charge in [-0.05, 0) is 67.9 Å². The van der Waals surface area contributed by atoms with Crippen molar-refractivity contribution in [2.24, 2.45) is 17.8 Å². The number of rotatable bonds is 4. The van der Waals surface area contributed by atoms with Crippen molar-refractivity contribution in [3.05, 3.63) is 52.6 Å². The van der Waals surface area contributed by atoms with Gasteiger partial charge in [0.25, 0.3) is 5.56 Å². The third-order valence-electron chi connectivity index (χ3n) is 7.18. The molecule has 4 nitrogen and oxygen atoms in total. The molecule has 0 spiro atoms. The van der Waals surface area contributed by atoms with Crippen LogP contribution in [0.3, 0.4) is 0 Å². The Morgan fingerprint density at radius 2 is 1.75 bits per heavy atom. The number of hydrogen-bond acceptors (Lipinski definition) is 4. The molecule has 2 heterocycles. The Labute approximate surface area is 168 Å². The van der Waals surface area contributed by atoms with Gasteiger partial charge in [0.15, 0.2) is 0 Å². The summed E-state index contributed by atoms with van der Waals surface area (Å²) in [6.45, 7) is 0.663. The topological polar surface area (TPSA) is 57.8 Å². The van der Waals surface area contributed by atoms with E-state index >= 15 is 0 Å². The smallest absolute Gasteiger partial charge is 0.259 e. The maximum absolute atomic E-state index is 12.7. The molecule has 0 saturated heterocycles. The molecular weight excluding hydrogens is 366 g/mol. The molecule has 7 rings (SSSR count). The zero-order chi connectivity index (χ0) is 18.7. The lowest BCUT2D eigenvalue weighted by Crippen LogP contribution is -2.58. The Bertz CT molecular complexity index is 1050. The first-order chi connectivity index (χ1) is 13.7. The van der Waals surface area contributed by atoms with E-state index in [1.807, 2.05) is 24.3 Å². The fraction of sp³-hybridized carbons (Fsp3) is 0.478. The molecule has 3 aromatic rings. The van der Waals surface area contributed by atoms with Crippen LogP contribution in [0.4, 0.5) is 0 Å². The molecule has 28 heavy (non-hydrogen) atoms. The molecule has 0 atom stereocenters. The normalized spacial score (nSPS) is 30.9. The summed E-state index contributed by atoms with van der Waals surface area (Å²) in [5, 5.41) is 4.54. The van der Waals surface area contributed by atoms with Gasteiger partial charge in [-0.15, -0.1) is 11.3 Å². The number of H-pyrrole nitrogens is 1. The number of aromatic nitrogens is 2. The highest BCUT2D eigenvalue weighted by Gasteiger charge is 2.50. The van der Waals surface area contributed by atoms with E-state index in [0.29, 0.717) is 11.9 Å². The summed E-state index contributed by atoms with van der Waals surface area (Å²) in [4.78, 5) is 22.4. The minimum atomic E-state index is -0.0225. The summed E-state index contributed by atoms with van der Waals surface area (Å²) >= 11 is 1.61. The van der Waals surface area contributed by atoms with Gasteiger partial charge in [0.05, 0.1) is 11.9 Å². The number of nitrogens with one attached hydrogen (secondary N) is 2. The summed E-state index contributed by atoms with van der Waals surface area (Å²) < 4.78 is 0. The molecule has 2 N–H and O–H groups in total. The van der Waals surface area contributed by atoms with E-state index in [9.17, 15) is 4.79 Å². The lowest BCUT2D eigenvalue weighted by atomic mass is 9.53. The molecule has 5 heteroatoms. The molecule has 0 unspecified atom stereocenters. The van der Waals surface area contributed by atoms with Gasteiger partial charge in [-0.2, -0.15) is 0 Å². The lowest BCUT2D eigenvalue weighted by molar-refractivity contribution is -0.0209. The van der Waals surface area contributed by atoms with E-state index < -0.39 is 0 Å². The van der Waals surface area contributed by atoms with Crippen molar-refractivity contribution >= 4 is 21.6 Å². The van der Waals surface area contributed by atoms with E-state index in [1.54, 1.807) is 11.3 Å². The summed E-state index contributed by atoms with van der Waals surface area (Å²) in [5.41, 5.74) is 1.40. The van der Waals surface area contributed by atoms with E-state index in [2.05, 4.69) is 22.4 Å². The molecule has 0 amide bonds. The second-order valence-corrected chi connectivity index (χ2v) is 10.3. The number of nitrogens with zero attached hydrogens (tertiary/aromatic N) is 1. The SMILES string of the molecule is O=c1[nH]c(CNC23CC4CC(CC(C4)C2)C3)nc2sc(-c3ccccc3)cc12. The average molecular weight is 392 g/mol. The molecule has 0 aliphatic heterocycles. The molecule has 4 aliphatic carbocycles. The van der Waals surface area contributed by atoms with Crippen LogP contribution in [0.25, 0.3) is 20.7 Å². The largest absolute Gasteiger partial charge is 0.309 e. The van der Waals surface area contributed by atoms with Gasteiger partial charge in [-0.1, -0.05) is 30.3 Å². The summed E-state index contributed by atoms with van der Waals surface area (Å²) in [7, 11) is 0. The number of aromatic amines is 1. The van der Waals surface area contributed by atoms with Gasteiger partial charge in [0.1, 0.15) is 10.7 Å². The van der Waals surface area contributed by atoms with E-state index in [0.717, 1.165) is 38.8 Å². The molecule has 4 aliphatic rings. The second kappa shape index (κ2) is 6.26. The van der Waals surface area contributed by atoms with Crippen LogP contribution in [-0.2, 0) is 6.54 Å². The molecular formula is C23H25N3OS. The van der Waals surface area contributed by atoms with Gasteiger partial charge >= 0.3 is 0 Å². The molecule has 1 aromatic carbocycles. The van der Waals surface area contributed by atoms with Crippen molar-refractivity contribution in [2.75, 3.05) is 0 Å². The maximum atomic E-state index is 12.7. The molecule has 4 fully saturated rings. The van der Waals surface area contributed by atoms with Crippen LogP contribution >= 0.6 is 11.3 Å². The van der Waals surface area contributed by atoms with Crippen molar-refractivity contribution in [3.8, 4) is 10.4 Å². The fourth-order valence-corrected chi connectivity index (χ4v) is 7.46. The highest BCUT2D eigenvalue weighted by Crippen LogP contribution is 2.55. The highest BCUT2D eigenvalue weighted by atomic mass is 32.1. The van der Waals surface area contributed by atoms with Crippen molar-refractivity contribution in [1.29, 1.82) is 0 Å². The van der Waals surface area contributed by atoms with Crippen LogP contribution in [0.15, 0.2) is 41.2 Å². The monoisotopic (exact) mass is 391 g/mol. The summed E-state index contributed by atoms with van der Waals surface area (Å²) in [6.07, 6.45) is 8.26. The predicted molar refractivity (Wildman–Crippen MR) is 113 cm³/mol. The van der Waals surface area contributed by atoms with Gasteiger partial charge in [-0.25, -0.2) is 4.98 Å². The van der Waals surface area contributed by atoms with Gasteiger partial charge in [0.2, 0.25) is 0 Å². The number of fused-ring (bicyclic) bond motifs is 1. The fourth-order valence-electron chi connectivity index (χ4n) is 6.40. The highest BCUT2D eigenvalue weighted by molar-refractivity contribution is 7.21. The lowest BCUT2D eigenvalue weighted by Gasteiger charge is -2.57. The Balaban J connectivity index is 1.27. The minimum absolute atomic E-state index is 0.0225. The Kier molecular flexibility index (Phi) is 3.78. The van der Waals surface area contributed by atoms with Crippen LogP contribution in [0.1, 0.15) is 44.3 Å². The van der Waals surface area contributed by atoms with Gasteiger partial charge in [0, 0.05) is 10.4 Å². The summed E-state index contributed by atoms with van der Waals surface area (Å²) in [5.74, 6) is 3.52. The molecule has 144 valence electrons. The van der Waals surface area contributed by atoms with Crippen LogP contribution in [0, 0.1) is 17.8 Å². The quantitative estimate of drug-likeness (QED) is 0.677. The standard InChI is InChI=1S/C23H25N3OS/c27-21-18-9-19(17-4-2-1-3-5-17)28-22(18)26-20(25-21)13-24-23-10-14-6-15(11-23)8-16(7-14)12-23/h1-5,9,14-16,24H,6-8,10-13H2,(H,25,26,27). The van der Waals surface area contributed by atoms with Crippen LogP contribution in [0.5, 0.6) is 0 Å². The van der Waals surface area contributed by atoms with Crippen molar-refractivity contribution in [3.63, 3.8) is 0 Å². The molecule has 0 radical (unpaired) electrons.